The molecule has 0 atom stereocenters. The smallest absolute Gasteiger partial charge is 0.161 e. The molecule has 0 radical (unpaired) electrons. The molecule has 0 spiro atoms. The minimum absolute atomic E-state index is 0.220. The van der Waals surface area contributed by atoms with E-state index in [0.29, 0.717) is 31.1 Å². The second-order valence-corrected chi connectivity index (χ2v) is 7.32. The van der Waals surface area contributed by atoms with Crippen molar-refractivity contribution in [3.63, 3.8) is 0 Å². The predicted octanol–water partition coefficient (Wildman–Crippen LogP) is 4.32. The van der Waals surface area contributed by atoms with Gasteiger partial charge in [0.15, 0.2) is 17.3 Å². The second kappa shape index (κ2) is 8.52. The summed E-state index contributed by atoms with van der Waals surface area (Å²) in [4.78, 5) is 14.2. The van der Waals surface area contributed by atoms with Gasteiger partial charge in [0.1, 0.15) is 6.61 Å². The molecule has 136 valence electrons. The molecule has 1 heterocycles. The Balaban J connectivity index is 1.75. The first-order valence-electron chi connectivity index (χ1n) is 8.53. The van der Waals surface area contributed by atoms with E-state index in [1.54, 1.807) is 7.11 Å². The first-order chi connectivity index (χ1) is 12.5. The summed E-state index contributed by atoms with van der Waals surface area (Å²) in [6.07, 6.45) is 2.52. The largest absolute Gasteiger partial charge is 0.493 e. The number of ether oxygens (including phenoxy) is 2. The molecule has 0 saturated carbocycles. The molecular weight excluding hydrogens is 394 g/mol. The van der Waals surface area contributed by atoms with E-state index in [1.807, 2.05) is 55.6 Å². The van der Waals surface area contributed by atoms with E-state index in [0.717, 1.165) is 27.7 Å². The van der Waals surface area contributed by atoms with Crippen molar-refractivity contribution in [2.45, 2.75) is 13.0 Å². The van der Waals surface area contributed by atoms with Gasteiger partial charge < -0.3 is 14.4 Å². The van der Waals surface area contributed by atoms with Gasteiger partial charge in [-0.2, -0.15) is 0 Å². The van der Waals surface area contributed by atoms with E-state index in [4.69, 9.17) is 9.47 Å². The molecule has 1 fully saturated rings. The summed E-state index contributed by atoms with van der Waals surface area (Å²) in [7, 11) is 3.65. The summed E-state index contributed by atoms with van der Waals surface area (Å²) in [5.41, 5.74) is 2.86. The van der Waals surface area contributed by atoms with Gasteiger partial charge in [0.25, 0.3) is 0 Å². The first-order valence-corrected chi connectivity index (χ1v) is 9.32. The first kappa shape index (κ1) is 18.7. The van der Waals surface area contributed by atoms with Crippen LogP contribution in [0.3, 0.4) is 0 Å². The van der Waals surface area contributed by atoms with Crippen LogP contribution >= 0.6 is 15.9 Å². The van der Waals surface area contributed by atoms with Crippen LogP contribution in [0.15, 0.2) is 52.5 Å². The average Bonchev–Trinajstić information content (AvgIpc) is 2.65. The molecular formula is C21H22BrNO3. The van der Waals surface area contributed by atoms with Gasteiger partial charge in [-0.1, -0.05) is 34.1 Å². The van der Waals surface area contributed by atoms with Crippen LogP contribution in [-0.4, -0.2) is 37.9 Å². The highest BCUT2D eigenvalue weighted by Crippen LogP contribution is 2.30. The van der Waals surface area contributed by atoms with Crippen molar-refractivity contribution in [2.75, 3.05) is 27.2 Å². The molecule has 4 nitrogen and oxygen atoms in total. The molecule has 0 aromatic heterocycles. The third kappa shape index (κ3) is 4.74. The molecule has 1 saturated heterocycles. The van der Waals surface area contributed by atoms with Gasteiger partial charge in [-0.15, -0.1) is 0 Å². The number of likely N-dealkylation sites (tertiary alicyclic amines) is 1. The van der Waals surface area contributed by atoms with Crippen molar-refractivity contribution >= 4 is 27.8 Å². The predicted molar refractivity (Wildman–Crippen MR) is 107 cm³/mol. The van der Waals surface area contributed by atoms with Crippen LogP contribution in [0.2, 0.25) is 0 Å². The van der Waals surface area contributed by atoms with Crippen LogP contribution in [0.4, 0.5) is 0 Å². The number of nitrogens with zero attached hydrogens (tertiary/aromatic N) is 1. The number of carbonyl (C=O) groups is 1. The lowest BCUT2D eigenvalue weighted by atomic mass is 10.0. The van der Waals surface area contributed by atoms with E-state index in [1.165, 1.54) is 0 Å². The number of ketones is 1. The molecule has 5 heteroatoms. The molecule has 0 amide bonds. The van der Waals surface area contributed by atoms with Crippen molar-refractivity contribution in [3.8, 4) is 11.5 Å². The zero-order valence-corrected chi connectivity index (χ0v) is 16.6. The molecule has 3 rings (SSSR count). The summed E-state index contributed by atoms with van der Waals surface area (Å²) < 4.78 is 12.4. The number of benzene rings is 2. The van der Waals surface area contributed by atoms with Gasteiger partial charge in [0.05, 0.1) is 7.11 Å². The molecule has 1 aliphatic heterocycles. The maximum Gasteiger partial charge on any atom is 0.161 e. The number of carbonyl (C=O) groups excluding carboxylic acids is 1. The fourth-order valence-corrected chi connectivity index (χ4v) is 3.14. The zero-order chi connectivity index (χ0) is 18.5. The summed E-state index contributed by atoms with van der Waals surface area (Å²) in [6, 6.07) is 13.8. The lowest BCUT2D eigenvalue weighted by Gasteiger charge is -2.23. The third-order valence-corrected chi connectivity index (χ3v) is 4.88. The van der Waals surface area contributed by atoms with E-state index >= 15 is 0 Å². The van der Waals surface area contributed by atoms with Crippen molar-refractivity contribution in [2.24, 2.45) is 0 Å². The Morgan fingerprint density at radius 1 is 1.15 bits per heavy atom. The van der Waals surface area contributed by atoms with Crippen molar-refractivity contribution in [1.29, 1.82) is 0 Å². The highest BCUT2D eigenvalue weighted by molar-refractivity contribution is 9.10. The van der Waals surface area contributed by atoms with Crippen LogP contribution in [0.5, 0.6) is 11.5 Å². The van der Waals surface area contributed by atoms with Crippen molar-refractivity contribution in [1.82, 2.24) is 4.90 Å². The van der Waals surface area contributed by atoms with E-state index in [2.05, 4.69) is 20.8 Å². The fourth-order valence-electron chi connectivity index (χ4n) is 2.87. The van der Waals surface area contributed by atoms with Gasteiger partial charge in [-0.25, -0.2) is 0 Å². The number of likely N-dealkylation sites (N-methyl/N-ethyl adjacent to an activating group) is 1. The SMILES string of the molecule is COc1cc(/C=C2\CN(C)CCC2=O)ccc1OCc1ccc(Br)cc1. The van der Waals surface area contributed by atoms with Gasteiger partial charge in [0.2, 0.25) is 0 Å². The van der Waals surface area contributed by atoms with Crippen LogP contribution in [0.25, 0.3) is 6.08 Å². The summed E-state index contributed by atoms with van der Waals surface area (Å²) in [5, 5.41) is 0. The third-order valence-electron chi connectivity index (χ3n) is 4.36. The Labute approximate surface area is 162 Å². The van der Waals surface area contributed by atoms with Crippen LogP contribution in [-0.2, 0) is 11.4 Å². The van der Waals surface area contributed by atoms with E-state index < -0.39 is 0 Å². The topological polar surface area (TPSA) is 38.8 Å². The maximum atomic E-state index is 12.1. The molecule has 0 unspecified atom stereocenters. The Bertz CT molecular complexity index is 815. The molecule has 0 N–H and O–H groups in total. The number of hydrogen-bond donors (Lipinski definition) is 0. The molecule has 0 bridgehead atoms. The second-order valence-electron chi connectivity index (χ2n) is 6.41. The van der Waals surface area contributed by atoms with Crippen LogP contribution in [0.1, 0.15) is 17.5 Å². The highest BCUT2D eigenvalue weighted by atomic mass is 79.9. The zero-order valence-electron chi connectivity index (χ0n) is 15.0. The van der Waals surface area contributed by atoms with Crippen LogP contribution in [0, 0.1) is 0 Å². The molecule has 1 aliphatic rings. The Hall–Kier alpha value is -2.11. The van der Waals surface area contributed by atoms with Gasteiger partial charge in [-0.05, 0) is 48.5 Å². The molecule has 0 aliphatic carbocycles. The minimum atomic E-state index is 0.220. The monoisotopic (exact) mass is 415 g/mol. The number of hydrogen-bond acceptors (Lipinski definition) is 4. The Kier molecular flexibility index (Phi) is 6.12. The van der Waals surface area contributed by atoms with E-state index in [-0.39, 0.29) is 5.78 Å². The number of methoxy groups -OCH3 is 1. The van der Waals surface area contributed by atoms with Crippen molar-refractivity contribution in [3.05, 3.63) is 63.6 Å². The number of piperidine rings is 1. The summed E-state index contributed by atoms with van der Waals surface area (Å²) in [6.45, 7) is 1.97. The number of halogens is 1. The van der Waals surface area contributed by atoms with Gasteiger partial charge >= 0.3 is 0 Å². The molecule has 26 heavy (non-hydrogen) atoms. The van der Waals surface area contributed by atoms with E-state index in [9.17, 15) is 4.79 Å². The van der Waals surface area contributed by atoms with Crippen LogP contribution < -0.4 is 9.47 Å². The minimum Gasteiger partial charge on any atom is -0.493 e. The number of rotatable bonds is 5. The maximum absolute atomic E-state index is 12.1. The average molecular weight is 416 g/mol. The summed E-state index contributed by atoms with van der Waals surface area (Å²) >= 11 is 3.43. The molecule has 2 aromatic rings. The van der Waals surface area contributed by atoms with Gasteiger partial charge in [0, 0.05) is 29.6 Å². The Morgan fingerprint density at radius 2 is 1.92 bits per heavy atom. The Morgan fingerprint density at radius 3 is 2.65 bits per heavy atom. The lowest BCUT2D eigenvalue weighted by molar-refractivity contribution is -0.117. The quantitative estimate of drug-likeness (QED) is 0.681. The normalized spacial score (nSPS) is 16.7. The fraction of sp³-hybridized carbons (Fsp3) is 0.286. The number of Topliss-reactive ketones (excluding diaryl/α,β-unsaturated/α-hetero) is 1. The van der Waals surface area contributed by atoms with Gasteiger partial charge in [-0.3, -0.25) is 4.79 Å². The summed E-state index contributed by atoms with van der Waals surface area (Å²) in [5.74, 6) is 1.57. The lowest BCUT2D eigenvalue weighted by Crippen LogP contribution is -2.32. The highest BCUT2D eigenvalue weighted by Gasteiger charge is 2.18. The van der Waals surface area contributed by atoms with Crippen molar-refractivity contribution < 1.29 is 14.3 Å². The molecule has 2 aromatic carbocycles. The standard InChI is InChI=1S/C21H22BrNO3/c1-23-10-9-19(24)17(13-23)11-16-5-8-20(21(12-16)25-2)26-14-15-3-6-18(22)7-4-15/h3-8,11-12H,9-10,13-14H2,1-2H3/b17-11+.